The first-order valence-electron chi connectivity index (χ1n) is 8.20. The van der Waals surface area contributed by atoms with Crippen molar-refractivity contribution in [3.8, 4) is 0 Å². The topological polar surface area (TPSA) is 49.4 Å². The SMILES string of the molecule is CC(C)CC1C(=O)NC(C2CC2)C(=O)N1C1CCCC1. The molecule has 2 unspecified atom stereocenters. The maximum atomic E-state index is 12.8. The molecule has 0 aromatic heterocycles. The normalized spacial score (nSPS) is 32.0. The molecule has 112 valence electrons. The average Bonchev–Trinajstić information content (AvgIpc) is 3.09. The van der Waals surface area contributed by atoms with E-state index in [1.165, 1.54) is 12.8 Å². The van der Waals surface area contributed by atoms with E-state index in [1.54, 1.807) is 0 Å². The lowest BCUT2D eigenvalue weighted by atomic mass is 9.94. The van der Waals surface area contributed by atoms with E-state index < -0.39 is 0 Å². The smallest absolute Gasteiger partial charge is 0.246 e. The van der Waals surface area contributed by atoms with Crippen LogP contribution in [0, 0.1) is 11.8 Å². The molecular weight excluding hydrogens is 252 g/mol. The Morgan fingerprint density at radius 3 is 2.35 bits per heavy atom. The first-order valence-corrected chi connectivity index (χ1v) is 8.20. The van der Waals surface area contributed by atoms with Crippen LogP contribution in [0.25, 0.3) is 0 Å². The highest BCUT2D eigenvalue weighted by molar-refractivity contribution is 5.97. The average molecular weight is 278 g/mol. The lowest BCUT2D eigenvalue weighted by molar-refractivity contribution is -0.153. The van der Waals surface area contributed by atoms with Crippen LogP contribution in [0.5, 0.6) is 0 Å². The molecule has 0 bridgehead atoms. The Kier molecular flexibility index (Phi) is 3.74. The molecule has 4 heteroatoms. The van der Waals surface area contributed by atoms with Crippen LogP contribution in [0.1, 0.15) is 58.8 Å². The highest BCUT2D eigenvalue weighted by Crippen LogP contribution is 2.37. The van der Waals surface area contributed by atoms with Gasteiger partial charge in [-0.2, -0.15) is 0 Å². The van der Waals surface area contributed by atoms with Gasteiger partial charge in [0.2, 0.25) is 11.8 Å². The van der Waals surface area contributed by atoms with Gasteiger partial charge in [0.1, 0.15) is 12.1 Å². The number of carbonyl (C=O) groups excluding carboxylic acids is 2. The zero-order chi connectivity index (χ0) is 14.3. The molecular formula is C16H26N2O2. The van der Waals surface area contributed by atoms with E-state index in [0.29, 0.717) is 17.9 Å². The number of amides is 2. The summed E-state index contributed by atoms with van der Waals surface area (Å²) in [7, 11) is 0. The van der Waals surface area contributed by atoms with E-state index in [0.717, 1.165) is 32.1 Å². The van der Waals surface area contributed by atoms with Crippen LogP contribution in [-0.2, 0) is 9.59 Å². The summed E-state index contributed by atoms with van der Waals surface area (Å²) >= 11 is 0. The molecule has 0 radical (unpaired) electrons. The van der Waals surface area contributed by atoms with E-state index in [9.17, 15) is 9.59 Å². The van der Waals surface area contributed by atoms with Crippen LogP contribution in [0.4, 0.5) is 0 Å². The Morgan fingerprint density at radius 2 is 1.80 bits per heavy atom. The highest BCUT2D eigenvalue weighted by Gasteiger charge is 2.49. The molecule has 20 heavy (non-hydrogen) atoms. The summed E-state index contributed by atoms with van der Waals surface area (Å²) in [5.74, 6) is 1.11. The quantitative estimate of drug-likeness (QED) is 0.856. The zero-order valence-corrected chi connectivity index (χ0v) is 12.6. The van der Waals surface area contributed by atoms with E-state index in [2.05, 4.69) is 19.2 Å². The predicted octanol–water partition coefficient (Wildman–Crippen LogP) is 2.08. The number of hydrogen-bond acceptors (Lipinski definition) is 2. The van der Waals surface area contributed by atoms with E-state index in [1.807, 2.05) is 4.90 Å². The highest BCUT2D eigenvalue weighted by atomic mass is 16.2. The van der Waals surface area contributed by atoms with Gasteiger partial charge in [0, 0.05) is 6.04 Å². The van der Waals surface area contributed by atoms with Crippen LogP contribution in [-0.4, -0.2) is 34.8 Å². The fraction of sp³-hybridized carbons (Fsp3) is 0.875. The van der Waals surface area contributed by atoms with Crippen molar-refractivity contribution < 1.29 is 9.59 Å². The minimum Gasteiger partial charge on any atom is -0.342 e. The van der Waals surface area contributed by atoms with E-state index >= 15 is 0 Å². The molecule has 4 nitrogen and oxygen atoms in total. The Balaban J connectivity index is 1.83. The second-order valence-corrected chi connectivity index (χ2v) is 7.15. The van der Waals surface area contributed by atoms with Gasteiger partial charge in [0.25, 0.3) is 0 Å². The standard InChI is InChI=1S/C16H26N2O2/c1-10(2)9-13-15(19)17-14(11-7-8-11)16(20)18(13)12-5-3-4-6-12/h10-14H,3-9H2,1-2H3,(H,17,19). The van der Waals surface area contributed by atoms with Crippen LogP contribution >= 0.6 is 0 Å². The number of piperazine rings is 1. The molecule has 0 aromatic rings. The molecule has 3 aliphatic rings. The summed E-state index contributed by atoms with van der Waals surface area (Å²) in [4.78, 5) is 27.3. The number of rotatable bonds is 4. The fourth-order valence-corrected chi connectivity index (χ4v) is 3.78. The van der Waals surface area contributed by atoms with Crippen molar-refractivity contribution >= 4 is 11.8 Å². The third-order valence-corrected chi connectivity index (χ3v) is 4.96. The molecule has 2 amide bonds. The van der Waals surface area contributed by atoms with Crippen LogP contribution in [0.2, 0.25) is 0 Å². The zero-order valence-electron chi connectivity index (χ0n) is 12.6. The van der Waals surface area contributed by atoms with Crippen LogP contribution < -0.4 is 5.32 Å². The molecule has 1 heterocycles. The van der Waals surface area contributed by atoms with Gasteiger partial charge in [-0.15, -0.1) is 0 Å². The number of nitrogens with zero attached hydrogens (tertiary/aromatic N) is 1. The number of carbonyl (C=O) groups is 2. The number of hydrogen-bond donors (Lipinski definition) is 1. The van der Waals surface area contributed by atoms with Gasteiger partial charge in [-0.05, 0) is 43.9 Å². The summed E-state index contributed by atoms with van der Waals surface area (Å²) in [6.07, 6.45) is 7.49. The van der Waals surface area contributed by atoms with Gasteiger partial charge in [0.15, 0.2) is 0 Å². The van der Waals surface area contributed by atoms with Gasteiger partial charge >= 0.3 is 0 Å². The summed E-state index contributed by atoms with van der Waals surface area (Å²) in [5, 5.41) is 3.01. The Bertz CT molecular complexity index is 397. The lowest BCUT2D eigenvalue weighted by Gasteiger charge is -2.43. The molecule has 1 N–H and O–H groups in total. The molecule has 2 atom stereocenters. The molecule has 1 aliphatic heterocycles. The molecule has 3 rings (SSSR count). The molecule has 3 fully saturated rings. The Labute approximate surface area is 121 Å². The molecule has 2 saturated carbocycles. The first kappa shape index (κ1) is 13.9. The van der Waals surface area contributed by atoms with Crippen molar-refractivity contribution in [2.24, 2.45) is 11.8 Å². The summed E-state index contributed by atoms with van der Waals surface area (Å²) in [5.41, 5.74) is 0. The van der Waals surface area contributed by atoms with Crippen molar-refractivity contribution in [2.75, 3.05) is 0 Å². The maximum Gasteiger partial charge on any atom is 0.246 e. The molecule has 1 saturated heterocycles. The summed E-state index contributed by atoms with van der Waals surface area (Å²) in [6, 6.07) is -0.161. The van der Waals surface area contributed by atoms with Crippen molar-refractivity contribution in [3.63, 3.8) is 0 Å². The summed E-state index contributed by atoms with van der Waals surface area (Å²) < 4.78 is 0. The second-order valence-electron chi connectivity index (χ2n) is 7.15. The van der Waals surface area contributed by atoms with E-state index in [-0.39, 0.29) is 23.9 Å². The van der Waals surface area contributed by atoms with Crippen molar-refractivity contribution in [1.29, 1.82) is 0 Å². The van der Waals surface area contributed by atoms with Gasteiger partial charge < -0.3 is 10.2 Å². The molecule has 0 aromatic carbocycles. The largest absolute Gasteiger partial charge is 0.342 e. The van der Waals surface area contributed by atoms with Gasteiger partial charge in [-0.25, -0.2) is 0 Å². The second kappa shape index (κ2) is 5.38. The van der Waals surface area contributed by atoms with Crippen LogP contribution in [0.15, 0.2) is 0 Å². The third kappa shape index (κ3) is 2.57. The Hall–Kier alpha value is -1.06. The van der Waals surface area contributed by atoms with Crippen molar-refractivity contribution in [2.45, 2.75) is 76.9 Å². The van der Waals surface area contributed by atoms with Crippen molar-refractivity contribution in [1.82, 2.24) is 10.2 Å². The third-order valence-electron chi connectivity index (χ3n) is 4.96. The minimum atomic E-state index is -0.236. The number of nitrogens with one attached hydrogen (secondary N) is 1. The van der Waals surface area contributed by atoms with Crippen molar-refractivity contribution in [3.05, 3.63) is 0 Å². The first-order chi connectivity index (χ1) is 9.58. The fourth-order valence-electron chi connectivity index (χ4n) is 3.78. The van der Waals surface area contributed by atoms with Crippen LogP contribution in [0.3, 0.4) is 0 Å². The van der Waals surface area contributed by atoms with Gasteiger partial charge in [-0.3, -0.25) is 9.59 Å². The lowest BCUT2D eigenvalue weighted by Crippen LogP contribution is -2.66. The molecule has 0 spiro atoms. The molecule has 2 aliphatic carbocycles. The maximum absolute atomic E-state index is 12.8. The minimum absolute atomic E-state index is 0.0853. The predicted molar refractivity (Wildman–Crippen MR) is 77.0 cm³/mol. The summed E-state index contributed by atoms with van der Waals surface area (Å²) in [6.45, 7) is 4.25. The Morgan fingerprint density at radius 1 is 1.15 bits per heavy atom. The van der Waals surface area contributed by atoms with Gasteiger partial charge in [-0.1, -0.05) is 26.7 Å². The van der Waals surface area contributed by atoms with Gasteiger partial charge in [0.05, 0.1) is 0 Å². The monoisotopic (exact) mass is 278 g/mol. The van der Waals surface area contributed by atoms with E-state index in [4.69, 9.17) is 0 Å².